The van der Waals surface area contributed by atoms with Crippen LogP contribution in [0.15, 0.2) is 18.2 Å². The maximum absolute atomic E-state index is 12.3. The average Bonchev–Trinajstić information content (AvgIpc) is 2.86. The van der Waals surface area contributed by atoms with Crippen molar-refractivity contribution in [1.29, 1.82) is 0 Å². The number of benzene rings is 1. The van der Waals surface area contributed by atoms with Gasteiger partial charge in [0.05, 0.1) is 6.42 Å². The lowest BCUT2D eigenvalue weighted by molar-refractivity contribution is -0.133. The van der Waals surface area contributed by atoms with Gasteiger partial charge in [-0.2, -0.15) is 0 Å². The first-order chi connectivity index (χ1) is 9.24. The Morgan fingerprint density at radius 2 is 2.20 bits per heavy atom. The van der Waals surface area contributed by atoms with E-state index in [4.69, 9.17) is 9.47 Å². The monoisotopic (exact) mass is 298 g/mol. The largest absolute Gasteiger partial charge is 0.454 e. The molecule has 1 unspecified atom stereocenters. The van der Waals surface area contributed by atoms with Crippen LogP contribution in [0.4, 0.5) is 0 Å². The van der Waals surface area contributed by atoms with Crippen molar-refractivity contribution in [2.75, 3.05) is 26.4 Å². The smallest absolute Gasteiger partial charge is 0.231 e. The van der Waals surface area contributed by atoms with Crippen LogP contribution in [0.1, 0.15) is 12.5 Å². The maximum atomic E-state index is 12.3. The highest BCUT2D eigenvalue weighted by Gasteiger charge is 2.23. The van der Waals surface area contributed by atoms with E-state index in [1.165, 1.54) is 0 Å². The van der Waals surface area contributed by atoms with Gasteiger partial charge in [-0.05, 0) is 24.6 Å². The molecule has 2 aliphatic heterocycles. The molecule has 1 aromatic rings. The molecular weight excluding hydrogens is 280 g/mol. The van der Waals surface area contributed by atoms with Gasteiger partial charge in [0.2, 0.25) is 12.7 Å². The number of rotatable bonds is 2. The first-order valence-corrected chi connectivity index (χ1v) is 6.63. The lowest BCUT2D eigenvalue weighted by atomic mass is 10.1. The van der Waals surface area contributed by atoms with E-state index in [1.807, 2.05) is 23.1 Å². The van der Waals surface area contributed by atoms with Gasteiger partial charge in [-0.1, -0.05) is 6.07 Å². The van der Waals surface area contributed by atoms with Gasteiger partial charge in [0.1, 0.15) is 0 Å². The van der Waals surface area contributed by atoms with E-state index < -0.39 is 0 Å². The van der Waals surface area contributed by atoms with Crippen molar-refractivity contribution in [1.82, 2.24) is 10.2 Å². The number of ether oxygens (including phenoxy) is 2. The molecule has 1 amide bonds. The zero-order valence-electron chi connectivity index (χ0n) is 11.4. The molecule has 3 rings (SSSR count). The van der Waals surface area contributed by atoms with Crippen LogP contribution in [0.25, 0.3) is 0 Å². The van der Waals surface area contributed by atoms with Crippen LogP contribution in [0, 0.1) is 0 Å². The minimum Gasteiger partial charge on any atom is -0.454 e. The van der Waals surface area contributed by atoms with Crippen molar-refractivity contribution < 1.29 is 14.3 Å². The molecule has 0 aliphatic carbocycles. The van der Waals surface area contributed by atoms with E-state index in [0.29, 0.717) is 6.42 Å². The third-order valence-corrected chi connectivity index (χ3v) is 3.61. The quantitative estimate of drug-likeness (QED) is 0.891. The van der Waals surface area contributed by atoms with Crippen LogP contribution in [0.5, 0.6) is 11.5 Å². The summed E-state index contributed by atoms with van der Waals surface area (Å²) < 4.78 is 10.6. The fourth-order valence-corrected chi connectivity index (χ4v) is 2.54. The molecule has 2 heterocycles. The number of fused-ring (bicyclic) bond motifs is 1. The summed E-state index contributed by atoms with van der Waals surface area (Å²) in [6.45, 7) is 4.86. The summed E-state index contributed by atoms with van der Waals surface area (Å²) in [6.07, 6.45) is 0.418. The average molecular weight is 299 g/mol. The predicted molar refractivity (Wildman–Crippen MR) is 77.6 cm³/mol. The van der Waals surface area contributed by atoms with Crippen molar-refractivity contribution in [2.24, 2.45) is 0 Å². The summed E-state index contributed by atoms with van der Waals surface area (Å²) in [5.74, 6) is 1.67. The molecule has 1 fully saturated rings. The van der Waals surface area contributed by atoms with E-state index in [2.05, 4.69) is 12.2 Å². The third kappa shape index (κ3) is 2.99. The second-order valence-electron chi connectivity index (χ2n) is 5.00. The highest BCUT2D eigenvalue weighted by molar-refractivity contribution is 5.85. The Morgan fingerprint density at radius 3 is 3.00 bits per heavy atom. The van der Waals surface area contributed by atoms with Gasteiger partial charge in [-0.15, -0.1) is 12.4 Å². The Morgan fingerprint density at radius 1 is 1.40 bits per heavy atom. The molecule has 2 aliphatic rings. The van der Waals surface area contributed by atoms with Crippen molar-refractivity contribution >= 4 is 18.3 Å². The molecule has 1 saturated heterocycles. The molecule has 0 radical (unpaired) electrons. The van der Waals surface area contributed by atoms with Gasteiger partial charge in [0.15, 0.2) is 11.5 Å². The minimum atomic E-state index is 0. The highest BCUT2D eigenvalue weighted by atomic mass is 35.5. The van der Waals surface area contributed by atoms with Crippen LogP contribution >= 0.6 is 12.4 Å². The molecule has 5 nitrogen and oxygen atoms in total. The number of halogens is 1. The van der Waals surface area contributed by atoms with E-state index in [1.54, 1.807) is 0 Å². The van der Waals surface area contributed by atoms with Gasteiger partial charge in [-0.25, -0.2) is 0 Å². The summed E-state index contributed by atoms with van der Waals surface area (Å²) in [6, 6.07) is 5.95. The molecule has 110 valence electrons. The highest BCUT2D eigenvalue weighted by Crippen LogP contribution is 2.32. The zero-order chi connectivity index (χ0) is 13.2. The summed E-state index contributed by atoms with van der Waals surface area (Å²) in [5, 5.41) is 3.29. The first-order valence-electron chi connectivity index (χ1n) is 6.63. The zero-order valence-corrected chi connectivity index (χ0v) is 12.2. The summed E-state index contributed by atoms with van der Waals surface area (Å²) in [5.41, 5.74) is 0.972. The van der Waals surface area contributed by atoms with E-state index >= 15 is 0 Å². The number of amides is 1. The molecule has 0 saturated carbocycles. The SMILES string of the molecule is CC1CNCCN1C(=O)Cc1ccc2c(c1)OCO2.Cl. The van der Waals surface area contributed by atoms with Crippen LogP contribution in [0.3, 0.4) is 0 Å². The van der Waals surface area contributed by atoms with Crippen molar-refractivity contribution in [3.63, 3.8) is 0 Å². The lowest BCUT2D eigenvalue weighted by Gasteiger charge is -2.34. The number of piperazine rings is 1. The second-order valence-corrected chi connectivity index (χ2v) is 5.00. The first kappa shape index (κ1) is 14.9. The Labute approximate surface area is 124 Å². The van der Waals surface area contributed by atoms with E-state index in [0.717, 1.165) is 36.7 Å². The van der Waals surface area contributed by atoms with Gasteiger partial charge < -0.3 is 19.7 Å². The number of carbonyl (C=O) groups excluding carboxylic acids is 1. The maximum Gasteiger partial charge on any atom is 0.231 e. The number of nitrogens with zero attached hydrogens (tertiary/aromatic N) is 1. The molecule has 1 aromatic carbocycles. The van der Waals surface area contributed by atoms with Crippen LogP contribution < -0.4 is 14.8 Å². The van der Waals surface area contributed by atoms with Gasteiger partial charge >= 0.3 is 0 Å². The second kappa shape index (κ2) is 6.33. The van der Waals surface area contributed by atoms with E-state index in [-0.39, 0.29) is 31.1 Å². The number of carbonyl (C=O) groups is 1. The fraction of sp³-hybridized carbons (Fsp3) is 0.500. The van der Waals surface area contributed by atoms with Crippen LogP contribution in [-0.2, 0) is 11.2 Å². The standard InChI is InChI=1S/C14H18N2O3.ClH/c1-10-8-15-4-5-16(10)14(17)7-11-2-3-12-13(6-11)19-9-18-12;/h2-3,6,10,15H,4-5,7-9H2,1H3;1H. The lowest BCUT2D eigenvalue weighted by Crippen LogP contribution is -2.52. The molecule has 6 heteroatoms. The molecule has 0 spiro atoms. The molecular formula is C14H19ClN2O3. The molecule has 0 bridgehead atoms. The Bertz CT molecular complexity index is 495. The van der Waals surface area contributed by atoms with Crippen molar-refractivity contribution in [3.05, 3.63) is 23.8 Å². The molecule has 1 atom stereocenters. The van der Waals surface area contributed by atoms with Crippen molar-refractivity contribution in [3.8, 4) is 11.5 Å². The third-order valence-electron chi connectivity index (χ3n) is 3.61. The Kier molecular flexibility index (Phi) is 4.73. The normalized spacial score (nSPS) is 20.4. The number of nitrogens with one attached hydrogen (secondary N) is 1. The van der Waals surface area contributed by atoms with Gasteiger partial charge in [0.25, 0.3) is 0 Å². The number of hydrogen-bond acceptors (Lipinski definition) is 4. The Balaban J connectivity index is 0.00000147. The Hall–Kier alpha value is -1.46. The molecule has 0 aromatic heterocycles. The molecule has 20 heavy (non-hydrogen) atoms. The topological polar surface area (TPSA) is 50.8 Å². The summed E-state index contributed by atoms with van der Waals surface area (Å²) in [7, 11) is 0. The van der Waals surface area contributed by atoms with E-state index in [9.17, 15) is 4.79 Å². The number of hydrogen-bond donors (Lipinski definition) is 1. The van der Waals surface area contributed by atoms with Crippen molar-refractivity contribution in [2.45, 2.75) is 19.4 Å². The summed E-state index contributed by atoms with van der Waals surface area (Å²) >= 11 is 0. The summed E-state index contributed by atoms with van der Waals surface area (Å²) in [4.78, 5) is 14.2. The molecule has 1 N–H and O–H groups in total. The fourth-order valence-electron chi connectivity index (χ4n) is 2.54. The van der Waals surface area contributed by atoms with Crippen LogP contribution in [-0.4, -0.2) is 43.3 Å². The minimum absolute atomic E-state index is 0. The van der Waals surface area contributed by atoms with Gasteiger partial charge in [0, 0.05) is 25.7 Å². The predicted octanol–water partition coefficient (Wildman–Crippen LogP) is 1.20. The van der Waals surface area contributed by atoms with Crippen LogP contribution in [0.2, 0.25) is 0 Å². The van der Waals surface area contributed by atoms with Gasteiger partial charge in [-0.3, -0.25) is 4.79 Å².